The van der Waals surface area contributed by atoms with Crippen molar-refractivity contribution in [2.75, 3.05) is 4.90 Å². The molecule has 0 aliphatic rings. The summed E-state index contributed by atoms with van der Waals surface area (Å²) in [4.78, 5) is 2.34. The van der Waals surface area contributed by atoms with Crippen molar-refractivity contribution in [3.05, 3.63) is 212 Å². The number of para-hydroxylation sites is 3. The molecule has 0 N–H and O–H groups in total. The Morgan fingerprint density at radius 3 is 1.47 bits per heavy atom. The second-order valence-corrected chi connectivity index (χ2v) is 14.9. The number of hydrogen-bond donors (Lipinski definition) is 0. The molecule has 0 amide bonds. The minimum atomic E-state index is 1.10. The zero-order chi connectivity index (χ0) is 37.5. The van der Waals surface area contributed by atoms with Gasteiger partial charge < -0.3 is 13.9 Å². The number of anilines is 3. The van der Waals surface area contributed by atoms with Gasteiger partial charge in [0.05, 0.1) is 27.6 Å². The van der Waals surface area contributed by atoms with Gasteiger partial charge in [-0.3, -0.25) is 0 Å². The molecular weight excluding hydrogens is 691 g/mol. The van der Waals surface area contributed by atoms with Gasteiger partial charge in [0.1, 0.15) is 0 Å². The third-order valence-electron chi connectivity index (χ3n) is 11.8. The standard InChI is InChI=1S/C54H35N3/c1-4-15-36(16-5-1)37-27-29-40(30-28-37)55(39-19-8-3-9-20-39)41-31-33-42(34-32-41)56-50-26-14-23-45-43-21-10-12-24-48(43)57-49-25-13-11-22-44(49)47-35-46(38-17-6-2-7-18-38)53(56)52(51(45)50)54(47)57/h1-35H. The Hall–Kier alpha value is -7.62. The van der Waals surface area contributed by atoms with Crippen molar-refractivity contribution in [2.24, 2.45) is 0 Å². The van der Waals surface area contributed by atoms with Crippen molar-refractivity contribution in [2.45, 2.75) is 0 Å². The highest BCUT2D eigenvalue weighted by Crippen LogP contribution is 2.49. The van der Waals surface area contributed by atoms with Gasteiger partial charge in [0, 0.05) is 55.2 Å². The largest absolute Gasteiger partial charge is 0.311 e. The molecule has 0 saturated carbocycles. The maximum absolute atomic E-state index is 2.52. The predicted octanol–water partition coefficient (Wildman–Crippen LogP) is 14.7. The monoisotopic (exact) mass is 725 g/mol. The average Bonchev–Trinajstić information content (AvgIpc) is 3.77. The van der Waals surface area contributed by atoms with Gasteiger partial charge >= 0.3 is 0 Å². The summed E-state index contributed by atoms with van der Waals surface area (Å²) in [7, 11) is 0. The Bertz CT molecular complexity index is 3420. The lowest BCUT2D eigenvalue weighted by Crippen LogP contribution is -2.10. The lowest BCUT2D eigenvalue weighted by Gasteiger charge is -2.26. The first-order valence-electron chi connectivity index (χ1n) is 19.6. The summed E-state index contributed by atoms with van der Waals surface area (Å²) >= 11 is 0. The van der Waals surface area contributed by atoms with E-state index in [1.54, 1.807) is 0 Å². The molecule has 57 heavy (non-hydrogen) atoms. The van der Waals surface area contributed by atoms with Crippen molar-refractivity contribution in [1.29, 1.82) is 0 Å². The summed E-state index contributed by atoms with van der Waals surface area (Å²) < 4.78 is 5.03. The summed E-state index contributed by atoms with van der Waals surface area (Å²) in [6, 6.07) is 77.3. The van der Waals surface area contributed by atoms with E-state index in [1.807, 2.05) is 0 Å². The van der Waals surface area contributed by atoms with Crippen LogP contribution in [0.5, 0.6) is 0 Å². The third kappa shape index (κ3) is 4.73. The molecule has 12 rings (SSSR count). The normalized spacial score (nSPS) is 11.9. The molecule has 0 atom stereocenters. The molecule has 0 fully saturated rings. The SMILES string of the molecule is c1ccc(-c2ccc(N(c3ccccc3)c3ccc(-n4c5cccc6c7ccccc7n7c8ccccc8c8cc(-c9ccccc9)c4c(c65)c87)cc3)cc2)cc1. The minimum Gasteiger partial charge on any atom is -0.311 e. The van der Waals surface area contributed by atoms with Gasteiger partial charge in [-0.25, -0.2) is 0 Å². The molecule has 0 unspecified atom stereocenters. The van der Waals surface area contributed by atoms with Crippen LogP contribution in [0.1, 0.15) is 0 Å². The van der Waals surface area contributed by atoms with E-state index in [0.717, 1.165) is 22.7 Å². The molecule has 0 radical (unpaired) electrons. The quantitative estimate of drug-likeness (QED) is 0.166. The van der Waals surface area contributed by atoms with Gasteiger partial charge in [0.2, 0.25) is 0 Å². The van der Waals surface area contributed by atoms with E-state index in [9.17, 15) is 0 Å². The van der Waals surface area contributed by atoms with E-state index in [2.05, 4.69) is 226 Å². The molecule has 0 spiro atoms. The van der Waals surface area contributed by atoms with Gasteiger partial charge in [-0.15, -0.1) is 0 Å². The molecule has 0 aliphatic carbocycles. The number of rotatable bonds is 6. The highest BCUT2D eigenvalue weighted by atomic mass is 15.1. The van der Waals surface area contributed by atoms with Crippen LogP contribution in [-0.4, -0.2) is 8.97 Å². The first kappa shape index (κ1) is 31.7. The number of benzene rings is 9. The molecule has 3 heterocycles. The highest BCUT2D eigenvalue weighted by Gasteiger charge is 2.26. The van der Waals surface area contributed by atoms with Crippen LogP contribution in [0.25, 0.3) is 87.8 Å². The molecule has 0 bridgehead atoms. The number of nitrogens with zero attached hydrogens (tertiary/aromatic N) is 3. The highest BCUT2D eigenvalue weighted by molar-refractivity contribution is 6.35. The van der Waals surface area contributed by atoms with Gasteiger partial charge in [-0.2, -0.15) is 0 Å². The molecule has 12 aromatic rings. The van der Waals surface area contributed by atoms with E-state index in [1.165, 1.54) is 82.2 Å². The number of aromatic nitrogens is 2. The van der Waals surface area contributed by atoms with Gasteiger partial charge in [0.15, 0.2) is 0 Å². The zero-order valence-electron chi connectivity index (χ0n) is 31.0. The topological polar surface area (TPSA) is 12.6 Å². The van der Waals surface area contributed by atoms with E-state index in [4.69, 9.17) is 0 Å². The Labute approximate surface area is 329 Å². The maximum atomic E-state index is 2.52. The smallest absolute Gasteiger partial charge is 0.0642 e. The van der Waals surface area contributed by atoms with Crippen LogP contribution in [-0.2, 0) is 0 Å². The number of hydrogen-bond acceptors (Lipinski definition) is 1. The molecule has 3 nitrogen and oxygen atoms in total. The maximum Gasteiger partial charge on any atom is 0.0642 e. The van der Waals surface area contributed by atoms with Crippen LogP contribution in [0.15, 0.2) is 212 Å². The van der Waals surface area contributed by atoms with Crippen molar-refractivity contribution in [3.63, 3.8) is 0 Å². The summed E-state index contributed by atoms with van der Waals surface area (Å²) in [6.45, 7) is 0. The van der Waals surface area contributed by atoms with E-state index < -0.39 is 0 Å². The molecule has 0 aliphatic heterocycles. The Morgan fingerprint density at radius 1 is 0.316 bits per heavy atom. The first-order valence-corrected chi connectivity index (χ1v) is 19.6. The fraction of sp³-hybridized carbons (Fsp3) is 0. The summed E-state index contributed by atoms with van der Waals surface area (Å²) in [5.41, 5.74) is 15.4. The van der Waals surface area contributed by atoms with Crippen LogP contribution in [0.4, 0.5) is 17.1 Å². The molecule has 9 aromatic carbocycles. The summed E-state index contributed by atoms with van der Waals surface area (Å²) in [5.74, 6) is 0. The Balaban J connectivity index is 1.14. The van der Waals surface area contributed by atoms with Crippen LogP contribution < -0.4 is 4.90 Å². The van der Waals surface area contributed by atoms with Crippen molar-refractivity contribution >= 4 is 77.0 Å². The van der Waals surface area contributed by atoms with Crippen LogP contribution in [0.2, 0.25) is 0 Å². The van der Waals surface area contributed by atoms with Crippen LogP contribution >= 0.6 is 0 Å². The van der Waals surface area contributed by atoms with Gasteiger partial charge in [0.25, 0.3) is 0 Å². The summed E-state index contributed by atoms with van der Waals surface area (Å²) in [5, 5.41) is 7.63. The lowest BCUT2D eigenvalue weighted by molar-refractivity contribution is 1.17. The minimum absolute atomic E-state index is 1.10. The zero-order valence-corrected chi connectivity index (χ0v) is 31.0. The van der Waals surface area contributed by atoms with E-state index >= 15 is 0 Å². The first-order chi connectivity index (χ1) is 28.3. The molecule has 3 aromatic heterocycles. The van der Waals surface area contributed by atoms with Gasteiger partial charge in [-0.05, 0) is 94.9 Å². The van der Waals surface area contributed by atoms with Crippen molar-refractivity contribution in [3.8, 4) is 27.9 Å². The second kappa shape index (κ2) is 12.5. The second-order valence-electron chi connectivity index (χ2n) is 14.9. The van der Waals surface area contributed by atoms with Gasteiger partial charge in [-0.1, -0.05) is 140 Å². The Kier molecular flexibility index (Phi) is 6.93. The lowest BCUT2D eigenvalue weighted by atomic mass is 9.97. The van der Waals surface area contributed by atoms with E-state index in [-0.39, 0.29) is 0 Å². The fourth-order valence-electron chi connectivity index (χ4n) is 9.38. The summed E-state index contributed by atoms with van der Waals surface area (Å²) in [6.07, 6.45) is 0. The average molecular weight is 726 g/mol. The van der Waals surface area contributed by atoms with Crippen LogP contribution in [0, 0.1) is 0 Å². The van der Waals surface area contributed by atoms with Crippen molar-refractivity contribution in [1.82, 2.24) is 8.97 Å². The molecule has 3 heteroatoms. The van der Waals surface area contributed by atoms with Crippen LogP contribution in [0.3, 0.4) is 0 Å². The number of fused-ring (bicyclic) bond motifs is 6. The molecular formula is C54H35N3. The van der Waals surface area contributed by atoms with E-state index in [0.29, 0.717) is 0 Å². The Morgan fingerprint density at radius 2 is 0.807 bits per heavy atom. The fourth-order valence-corrected chi connectivity index (χ4v) is 9.38. The molecule has 0 saturated heterocycles. The molecule has 266 valence electrons. The predicted molar refractivity (Wildman–Crippen MR) is 241 cm³/mol. The van der Waals surface area contributed by atoms with Crippen molar-refractivity contribution < 1.29 is 0 Å². The third-order valence-corrected chi connectivity index (χ3v) is 11.8.